The van der Waals surface area contributed by atoms with Crippen LogP contribution in [0.2, 0.25) is 0 Å². The van der Waals surface area contributed by atoms with Crippen molar-refractivity contribution in [3.8, 4) is 78.1 Å². The Morgan fingerprint density at radius 2 is 0.464 bits per heavy atom. The van der Waals surface area contributed by atoms with Crippen LogP contribution in [0.15, 0.2) is 490 Å². The van der Waals surface area contributed by atoms with Crippen molar-refractivity contribution in [1.29, 1.82) is 0 Å². The Kier molecular flexibility index (Phi) is 19.8. The van der Waals surface area contributed by atoms with E-state index < -0.39 is 0 Å². The van der Waals surface area contributed by atoms with Crippen molar-refractivity contribution >= 4 is 153 Å². The third kappa shape index (κ3) is 14.1. The van der Waals surface area contributed by atoms with Crippen molar-refractivity contribution < 1.29 is 0 Å². The Morgan fingerprint density at radius 1 is 0.184 bits per heavy atom. The van der Waals surface area contributed by atoms with Crippen molar-refractivity contribution in [2.75, 3.05) is 10.2 Å². The largest absolute Gasteiger partial charge is 0.356 e. The summed E-state index contributed by atoms with van der Waals surface area (Å²) in [6.45, 7) is 0. The van der Waals surface area contributed by atoms with E-state index >= 15 is 0 Å². The van der Waals surface area contributed by atoms with Crippen LogP contribution >= 0.6 is 15.9 Å². The maximum absolute atomic E-state index is 3.62. The molecule has 0 unspecified atom stereocenters. The van der Waals surface area contributed by atoms with Crippen LogP contribution in [-0.2, 0) is 0 Å². The fourth-order valence-corrected chi connectivity index (χ4v) is 19.3. The normalized spacial score (nSPS) is 11.4. The Hall–Kier alpha value is -15.9. The summed E-state index contributed by atoms with van der Waals surface area (Å²) in [5.74, 6) is 0. The summed E-state index contributed by atoms with van der Waals surface area (Å²) in [6.07, 6.45) is 0. The topological polar surface area (TPSA) is 25.1 Å². The molecule has 2 aromatic heterocycles. The molecule has 125 heavy (non-hydrogen) atoms. The fourth-order valence-electron chi connectivity index (χ4n) is 19.1. The molecule has 1 N–H and O–H groups in total. The van der Waals surface area contributed by atoms with Crippen LogP contribution in [0.5, 0.6) is 0 Å². The summed E-state index contributed by atoms with van der Waals surface area (Å²) in [6, 6.07) is 175. The molecule has 5 heteroatoms. The smallest absolute Gasteiger partial charge is 0.0542 e. The van der Waals surface area contributed by atoms with Crippen LogP contribution in [0, 0.1) is 0 Å². The number of para-hydroxylation sites is 4. The zero-order chi connectivity index (χ0) is 83.1. The standard InChI is InChI=1S/C60H40N2.C34H24N2.C26H17Br/c1-3-17-43(18-4-1)59-52-24-9-11-26-54(52)60(55-27-12-10-25-53(55)59)44-32-36-47(37-33-44)61(46-34-30-42(31-35-46)50-28-15-19-41-16-7-8-22-49(41)50)48-38-39-58-56(40-48)51-23-13-14-29-57(51)62(58)45-20-5-2-6-21-45;1-2-11-28(12-3-1)36-33-16-7-6-14-31(33)32-23-27(21-22-34(32)36)35-26-19-17-25(18-20-26)30-15-8-10-24-9-4-5-13-29(24)30;27-20-16-14-19(15-17-20)26-23-12-6-4-10-21(23)25(18-8-2-1-3-9-18)22-11-5-7-13-24(22)26/h1-40H;1-23,35H;1-17H. The van der Waals surface area contributed by atoms with Gasteiger partial charge in [0.15, 0.2) is 0 Å². The van der Waals surface area contributed by atoms with Crippen molar-refractivity contribution in [2.24, 2.45) is 0 Å². The molecule has 24 aromatic rings. The summed E-state index contributed by atoms with van der Waals surface area (Å²) in [5, 5.41) is 23.8. The first-order valence-corrected chi connectivity index (χ1v) is 43.5. The molecular formula is C120H81BrN4. The molecule has 0 aliphatic heterocycles. The van der Waals surface area contributed by atoms with Gasteiger partial charge >= 0.3 is 0 Å². The average Bonchev–Trinajstić information content (AvgIpc) is 1.48. The number of hydrogen-bond donors (Lipinski definition) is 1. The molecule has 0 aliphatic carbocycles. The summed E-state index contributed by atoms with van der Waals surface area (Å²) >= 11 is 3.56. The summed E-state index contributed by atoms with van der Waals surface area (Å²) in [4.78, 5) is 2.40. The lowest BCUT2D eigenvalue weighted by atomic mass is 9.86. The van der Waals surface area contributed by atoms with E-state index in [1.165, 1.54) is 181 Å². The van der Waals surface area contributed by atoms with Crippen LogP contribution < -0.4 is 10.2 Å². The second-order valence-electron chi connectivity index (χ2n) is 31.9. The third-order valence-corrected chi connectivity index (χ3v) is 25.2. The Bertz CT molecular complexity index is 8020. The van der Waals surface area contributed by atoms with Crippen LogP contribution in [0.3, 0.4) is 0 Å². The zero-order valence-electron chi connectivity index (χ0n) is 68.4. The number of hydrogen-bond acceptors (Lipinski definition) is 2. The Morgan fingerprint density at radius 3 is 0.872 bits per heavy atom. The Labute approximate surface area is 734 Å². The van der Waals surface area contributed by atoms with Gasteiger partial charge in [0.1, 0.15) is 0 Å². The third-order valence-electron chi connectivity index (χ3n) is 24.7. The monoisotopic (exact) mass is 1660 g/mol. The number of benzene rings is 22. The van der Waals surface area contributed by atoms with E-state index in [0.717, 1.165) is 38.6 Å². The van der Waals surface area contributed by atoms with Gasteiger partial charge in [-0.25, -0.2) is 0 Å². The lowest BCUT2D eigenvalue weighted by molar-refractivity contribution is 1.18. The molecule has 588 valence electrons. The molecule has 0 fully saturated rings. The van der Waals surface area contributed by atoms with Gasteiger partial charge < -0.3 is 19.4 Å². The van der Waals surface area contributed by atoms with Gasteiger partial charge in [0.2, 0.25) is 0 Å². The number of halogens is 1. The van der Waals surface area contributed by atoms with Crippen molar-refractivity contribution in [3.63, 3.8) is 0 Å². The minimum atomic E-state index is 1.07. The highest BCUT2D eigenvalue weighted by Gasteiger charge is 2.23. The first-order chi connectivity index (χ1) is 62.0. The van der Waals surface area contributed by atoms with Crippen molar-refractivity contribution in [1.82, 2.24) is 9.13 Å². The number of anilines is 5. The SMILES string of the molecule is Brc1ccc(-c2c3ccccc3c(-c3ccccc3)c3ccccc23)cc1.c1ccc(-c2c3ccccc3c(-c3ccc(N(c4ccc(-c5cccc6ccccc56)cc4)c4ccc5c(c4)c4ccccc4n5-c4ccccc4)cc3)c3ccccc23)cc1.c1ccc(-n2c3ccccc3c3cc(Nc4ccc(-c5cccc6ccccc56)cc4)ccc32)cc1. The number of rotatable bonds is 13. The number of fused-ring (bicyclic) bond motifs is 12. The molecule has 24 rings (SSSR count). The lowest BCUT2D eigenvalue weighted by Crippen LogP contribution is -2.10. The number of nitrogens with zero attached hydrogens (tertiary/aromatic N) is 3. The Balaban J connectivity index is 0.000000124. The second-order valence-corrected chi connectivity index (χ2v) is 32.8. The number of nitrogens with one attached hydrogen (secondary N) is 1. The molecular weight excluding hydrogens is 1580 g/mol. The highest BCUT2D eigenvalue weighted by atomic mass is 79.9. The molecule has 0 bridgehead atoms. The van der Waals surface area contributed by atoms with Gasteiger partial charge in [-0.15, -0.1) is 0 Å². The van der Waals surface area contributed by atoms with E-state index in [1.54, 1.807) is 0 Å². The van der Waals surface area contributed by atoms with E-state index in [4.69, 9.17) is 0 Å². The van der Waals surface area contributed by atoms with E-state index in [2.05, 4.69) is 521 Å². The van der Waals surface area contributed by atoms with E-state index in [-0.39, 0.29) is 0 Å². The van der Waals surface area contributed by atoms with Gasteiger partial charge in [0.05, 0.1) is 22.1 Å². The van der Waals surface area contributed by atoms with Crippen LogP contribution in [0.4, 0.5) is 28.4 Å². The highest BCUT2D eigenvalue weighted by Crippen LogP contribution is 2.49. The first kappa shape index (κ1) is 75.3. The van der Waals surface area contributed by atoms with Gasteiger partial charge in [-0.05, 0) is 253 Å². The number of aromatic nitrogens is 2. The van der Waals surface area contributed by atoms with Gasteiger partial charge in [0.25, 0.3) is 0 Å². The van der Waals surface area contributed by atoms with Crippen molar-refractivity contribution in [2.45, 2.75) is 0 Å². The van der Waals surface area contributed by atoms with E-state index in [1.807, 2.05) is 0 Å². The first-order valence-electron chi connectivity index (χ1n) is 42.7. The molecule has 0 spiro atoms. The summed E-state index contributed by atoms with van der Waals surface area (Å²) in [7, 11) is 0. The quantitative estimate of drug-likeness (QED) is 0.116. The second kappa shape index (κ2) is 32.9. The molecule has 0 aliphatic rings. The van der Waals surface area contributed by atoms with Gasteiger partial charge in [-0.3, -0.25) is 0 Å². The molecule has 0 radical (unpaired) electrons. The van der Waals surface area contributed by atoms with Gasteiger partial charge in [-0.2, -0.15) is 0 Å². The van der Waals surface area contributed by atoms with Gasteiger partial charge in [0, 0.05) is 65.8 Å². The molecule has 22 aromatic carbocycles. The maximum Gasteiger partial charge on any atom is 0.0542 e. The predicted octanol–water partition coefficient (Wildman–Crippen LogP) is 34.2. The van der Waals surface area contributed by atoms with Crippen molar-refractivity contribution in [3.05, 3.63) is 490 Å². The fraction of sp³-hybridized carbons (Fsp3) is 0. The minimum absolute atomic E-state index is 1.07. The molecule has 0 saturated heterocycles. The highest BCUT2D eigenvalue weighted by molar-refractivity contribution is 9.10. The molecule has 0 atom stereocenters. The van der Waals surface area contributed by atoms with E-state index in [0.29, 0.717) is 0 Å². The van der Waals surface area contributed by atoms with Crippen LogP contribution in [-0.4, -0.2) is 9.13 Å². The zero-order valence-corrected chi connectivity index (χ0v) is 70.0. The molecule has 2 heterocycles. The lowest BCUT2D eigenvalue weighted by Gasteiger charge is -2.26. The minimum Gasteiger partial charge on any atom is -0.356 e. The maximum atomic E-state index is 3.62. The summed E-state index contributed by atoms with van der Waals surface area (Å²) < 4.78 is 5.82. The van der Waals surface area contributed by atoms with Gasteiger partial charge in [-0.1, -0.05) is 380 Å². The van der Waals surface area contributed by atoms with Crippen LogP contribution in [0.1, 0.15) is 0 Å². The van der Waals surface area contributed by atoms with E-state index in [9.17, 15) is 0 Å². The summed E-state index contributed by atoms with van der Waals surface area (Å²) in [5.41, 5.74) is 27.5. The molecule has 4 nitrogen and oxygen atoms in total. The average molecular weight is 1660 g/mol. The molecule has 0 amide bonds. The predicted molar refractivity (Wildman–Crippen MR) is 538 cm³/mol. The molecule has 0 saturated carbocycles. The van der Waals surface area contributed by atoms with Crippen LogP contribution in [0.25, 0.3) is 186 Å².